The first-order chi connectivity index (χ1) is 9.54. The predicted octanol–water partition coefficient (Wildman–Crippen LogP) is 2.21. The highest BCUT2D eigenvalue weighted by Gasteiger charge is 2.12. The van der Waals surface area contributed by atoms with Crippen molar-refractivity contribution in [2.24, 2.45) is 0 Å². The van der Waals surface area contributed by atoms with Crippen LogP contribution in [0.2, 0.25) is 0 Å². The van der Waals surface area contributed by atoms with E-state index in [9.17, 15) is 4.39 Å². The highest BCUT2D eigenvalue weighted by molar-refractivity contribution is 5.79. The Morgan fingerprint density at radius 1 is 1.25 bits per heavy atom. The number of imidazole rings is 1. The molecular formula is C14H14FN5. The fraction of sp³-hybridized carbons (Fsp3) is 0.214. The Balaban J connectivity index is 2.11. The maximum Gasteiger partial charge on any atom is 0.201 e. The highest BCUT2D eigenvalue weighted by Crippen LogP contribution is 2.22. The summed E-state index contributed by atoms with van der Waals surface area (Å²) in [5.74, 6) is 0.772. The number of hydrogen-bond acceptors (Lipinski definition) is 4. The number of rotatable bonds is 2. The van der Waals surface area contributed by atoms with Crippen LogP contribution in [-0.2, 0) is 6.54 Å². The van der Waals surface area contributed by atoms with Crippen LogP contribution in [0, 0.1) is 19.7 Å². The zero-order valence-electron chi connectivity index (χ0n) is 11.3. The molecule has 0 saturated carbocycles. The molecule has 0 amide bonds. The summed E-state index contributed by atoms with van der Waals surface area (Å²) in [4.78, 5) is 12.6. The first-order valence-electron chi connectivity index (χ1n) is 6.25. The molecule has 5 nitrogen and oxygen atoms in total. The number of aryl methyl sites for hydroxylation is 2. The number of nitrogens with two attached hydrogens (primary N) is 1. The number of nitrogens with zero attached hydrogens (tertiary/aromatic N) is 4. The van der Waals surface area contributed by atoms with Gasteiger partial charge in [0, 0.05) is 12.3 Å². The van der Waals surface area contributed by atoms with Gasteiger partial charge in [0.25, 0.3) is 0 Å². The van der Waals surface area contributed by atoms with Crippen LogP contribution < -0.4 is 5.73 Å². The second kappa shape index (κ2) is 4.56. The lowest BCUT2D eigenvalue weighted by molar-refractivity contribution is 0.620. The van der Waals surface area contributed by atoms with E-state index in [1.807, 2.05) is 17.6 Å². The van der Waals surface area contributed by atoms with E-state index in [2.05, 4.69) is 15.0 Å². The molecule has 0 aliphatic carbocycles. The van der Waals surface area contributed by atoms with Crippen molar-refractivity contribution in [2.45, 2.75) is 20.4 Å². The van der Waals surface area contributed by atoms with Gasteiger partial charge in [-0.1, -0.05) is 0 Å². The Labute approximate surface area is 115 Å². The molecule has 0 bridgehead atoms. The van der Waals surface area contributed by atoms with Crippen molar-refractivity contribution < 1.29 is 4.39 Å². The van der Waals surface area contributed by atoms with Crippen LogP contribution in [0.15, 0.2) is 24.4 Å². The Bertz CT molecular complexity index is 794. The molecule has 1 aromatic carbocycles. The van der Waals surface area contributed by atoms with Gasteiger partial charge in [0.15, 0.2) is 0 Å². The van der Waals surface area contributed by atoms with Crippen LogP contribution in [0.4, 0.5) is 10.3 Å². The quantitative estimate of drug-likeness (QED) is 0.775. The lowest BCUT2D eigenvalue weighted by Gasteiger charge is -2.07. The number of benzene rings is 1. The zero-order valence-corrected chi connectivity index (χ0v) is 11.3. The first-order valence-corrected chi connectivity index (χ1v) is 6.25. The van der Waals surface area contributed by atoms with Gasteiger partial charge in [0.1, 0.15) is 11.6 Å². The maximum absolute atomic E-state index is 13.6. The van der Waals surface area contributed by atoms with Crippen LogP contribution >= 0.6 is 0 Å². The van der Waals surface area contributed by atoms with Gasteiger partial charge >= 0.3 is 0 Å². The third-order valence-electron chi connectivity index (χ3n) is 3.21. The molecule has 0 spiro atoms. The lowest BCUT2D eigenvalue weighted by Crippen LogP contribution is -2.07. The molecule has 0 aliphatic heterocycles. The summed E-state index contributed by atoms with van der Waals surface area (Å²) in [7, 11) is 0. The normalized spacial score (nSPS) is 11.2. The van der Waals surface area contributed by atoms with Crippen molar-refractivity contribution in [3.8, 4) is 0 Å². The molecule has 0 atom stereocenters. The zero-order chi connectivity index (χ0) is 14.3. The molecule has 0 radical (unpaired) electrons. The van der Waals surface area contributed by atoms with Crippen molar-refractivity contribution in [1.82, 2.24) is 19.5 Å². The number of nitrogen functional groups attached to an aromatic ring is 1. The van der Waals surface area contributed by atoms with Gasteiger partial charge in [0.2, 0.25) is 5.95 Å². The van der Waals surface area contributed by atoms with Gasteiger partial charge in [-0.05, 0) is 31.5 Å². The first kappa shape index (κ1) is 12.5. The van der Waals surface area contributed by atoms with Crippen LogP contribution in [0.5, 0.6) is 0 Å². The van der Waals surface area contributed by atoms with E-state index in [0.717, 1.165) is 11.2 Å². The van der Waals surface area contributed by atoms with E-state index in [1.165, 1.54) is 6.07 Å². The molecule has 2 aromatic heterocycles. The van der Waals surface area contributed by atoms with Gasteiger partial charge < -0.3 is 10.3 Å². The molecule has 3 aromatic rings. The Morgan fingerprint density at radius 3 is 2.80 bits per heavy atom. The number of hydrogen-bond donors (Lipinski definition) is 1. The number of halogens is 1. The summed E-state index contributed by atoms with van der Waals surface area (Å²) in [6.07, 6.45) is 1.71. The molecule has 6 heteroatoms. The maximum atomic E-state index is 13.6. The van der Waals surface area contributed by atoms with Crippen molar-refractivity contribution in [1.29, 1.82) is 0 Å². The molecule has 0 saturated heterocycles. The van der Waals surface area contributed by atoms with Crippen molar-refractivity contribution in [2.75, 3.05) is 5.73 Å². The van der Waals surface area contributed by atoms with Crippen LogP contribution in [0.3, 0.4) is 0 Å². The third-order valence-corrected chi connectivity index (χ3v) is 3.21. The van der Waals surface area contributed by atoms with Gasteiger partial charge in [-0.25, -0.2) is 19.3 Å². The van der Waals surface area contributed by atoms with E-state index < -0.39 is 0 Å². The van der Waals surface area contributed by atoms with Crippen LogP contribution in [0.1, 0.15) is 17.1 Å². The minimum Gasteiger partial charge on any atom is -0.369 e. The monoisotopic (exact) mass is 271 g/mol. The Morgan fingerprint density at radius 2 is 2.05 bits per heavy atom. The SMILES string of the molecule is Cc1nccc(Cn2c(N)nc3cc(F)c(C)cc32)n1. The Hall–Kier alpha value is -2.50. The van der Waals surface area contributed by atoms with E-state index in [-0.39, 0.29) is 5.82 Å². The summed E-state index contributed by atoms with van der Waals surface area (Å²) >= 11 is 0. The van der Waals surface area contributed by atoms with Crippen molar-refractivity contribution in [3.63, 3.8) is 0 Å². The number of aromatic nitrogens is 4. The average Bonchev–Trinajstić information content (AvgIpc) is 2.67. The van der Waals surface area contributed by atoms with Crippen molar-refractivity contribution >= 4 is 17.0 Å². The molecule has 102 valence electrons. The van der Waals surface area contributed by atoms with Gasteiger partial charge in [-0.2, -0.15) is 0 Å². The topological polar surface area (TPSA) is 69.6 Å². The second-order valence-corrected chi connectivity index (χ2v) is 4.74. The van der Waals surface area contributed by atoms with Gasteiger partial charge in [-0.15, -0.1) is 0 Å². The standard InChI is InChI=1S/C14H14FN5/c1-8-5-13-12(6-11(8)15)19-14(16)20(13)7-10-3-4-17-9(2)18-10/h3-6H,7H2,1-2H3,(H2,16,19). The predicted molar refractivity (Wildman–Crippen MR) is 74.7 cm³/mol. The molecule has 20 heavy (non-hydrogen) atoms. The molecule has 0 aliphatic rings. The fourth-order valence-electron chi connectivity index (χ4n) is 2.19. The molecule has 0 unspecified atom stereocenters. The van der Waals surface area contributed by atoms with E-state index in [0.29, 0.717) is 29.4 Å². The average molecular weight is 271 g/mol. The van der Waals surface area contributed by atoms with E-state index >= 15 is 0 Å². The Kier molecular flexibility index (Phi) is 2.85. The van der Waals surface area contributed by atoms with E-state index in [1.54, 1.807) is 19.2 Å². The lowest BCUT2D eigenvalue weighted by atomic mass is 10.2. The highest BCUT2D eigenvalue weighted by atomic mass is 19.1. The van der Waals surface area contributed by atoms with Gasteiger partial charge in [0.05, 0.1) is 23.3 Å². The molecule has 0 fully saturated rings. The smallest absolute Gasteiger partial charge is 0.201 e. The summed E-state index contributed by atoms with van der Waals surface area (Å²) in [5, 5.41) is 0. The molecular weight excluding hydrogens is 257 g/mol. The summed E-state index contributed by atoms with van der Waals surface area (Å²) in [6, 6.07) is 4.99. The molecule has 2 N–H and O–H groups in total. The van der Waals surface area contributed by atoms with Crippen LogP contribution in [-0.4, -0.2) is 19.5 Å². The molecule has 3 rings (SSSR count). The molecule has 2 heterocycles. The van der Waals surface area contributed by atoms with Crippen molar-refractivity contribution in [3.05, 3.63) is 47.3 Å². The van der Waals surface area contributed by atoms with Gasteiger partial charge in [-0.3, -0.25) is 0 Å². The largest absolute Gasteiger partial charge is 0.369 e. The number of anilines is 1. The summed E-state index contributed by atoms with van der Waals surface area (Å²) in [6.45, 7) is 4.03. The minimum atomic E-state index is -0.278. The minimum absolute atomic E-state index is 0.278. The van der Waals surface area contributed by atoms with E-state index in [4.69, 9.17) is 5.73 Å². The van der Waals surface area contributed by atoms with Crippen LogP contribution in [0.25, 0.3) is 11.0 Å². The second-order valence-electron chi connectivity index (χ2n) is 4.74. The fourth-order valence-corrected chi connectivity index (χ4v) is 2.19. The summed E-state index contributed by atoms with van der Waals surface area (Å²) in [5.41, 5.74) is 8.69. The summed E-state index contributed by atoms with van der Waals surface area (Å²) < 4.78 is 15.4. The third kappa shape index (κ3) is 2.09. The number of fused-ring (bicyclic) bond motifs is 1.